The molecule has 1 N–H and O–H groups in total. The summed E-state index contributed by atoms with van der Waals surface area (Å²) in [6, 6.07) is 15.3. The second-order valence-electron chi connectivity index (χ2n) is 6.23. The summed E-state index contributed by atoms with van der Waals surface area (Å²) < 4.78 is 16.7. The van der Waals surface area contributed by atoms with Crippen molar-refractivity contribution >= 4 is 17.0 Å². The maximum Gasteiger partial charge on any atom is 0.251 e. The van der Waals surface area contributed by atoms with E-state index in [9.17, 15) is 4.79 Å². The highest BCUT2D eigenvalue weighted by molar-refractivity contribution is 5.97. The van der Waals surface area contributed by atoms with E-state index in [1.165, 1.54) is 0 Å². The summed E-state index contributed by atoms with van der Waals surface area (Å²) in [5.41, 5.74) is 3.03. The van der Waals surface area contributed by atoms with Gasteiger partial charge in [0.25, 0.3) is 5.91 Å². The largest absolute Gasteiger partial charge is 0.440 e. The lowest BCUT2D eigenvalue weighted by Crippen LogP contribution is -2.39. The number of fused-ring (bicyclic) bond motifs is 1. The molecule has 2 aromatic carbocycles. The van der Waals surface area contributed by atoms with Crippen molar-refractivity contribution < 1.29 is 18.7 Å². The number of hydrogen-bond acceptors (Lipinski definition) is 5. The Labute approximate surface area is 151 Å². The number of nitrogens with one attached hydrogen (secondary N) is 1. The maximum absolute atomic E-state index is 12.4. The maximum atomic E-state index is 12.4. The van der Waals surface area contributed by atoms with Crippen molar-refractivity contribution in [3.8, 4) is 0 Å². The molecule has 1 aliphatic rings. The Balaban J connectivity index is 1.44. The molecule has 1 saturated heterocycles. The molecule has 6 nitrogen and oxygen atoms in total. The summed E-state index contributed by atoms with van der Waals surface area (Å²) in [5, 5.41) is 2.87. The Kier molecular flexibility index (Phi) is 4.95. The molecule has 26 heavy (non-hydrogen) atoms. The number of rotatable bonds is 5. The molecule has 0 radical (unpaired) electrons. The van der Waals surface area contributed by atoms with Crippen LogP contribution in [-0.4, -0.2) is 43.4 Å². The molecule has 1 fully saturated rings. The molecule has 0 spiro atoms. The van der Waals surface area contributed by atoms with Crippen molar-refractivity contribution in [2.75, 3.05) is 26.4 Å². The fourth-order valence-electron chi connectivity index (χ4n) is 2.92. The van der Waals surface area contributed by atoms with Crippen LogP contribution in [0.3, 0.4) is 0 Å². The number of hydrogen-bond donors (Lipinski definition) is 1. The number of nitrogens with zero attached hydrogens (tertiary/aromatic N) is 1. The van der Waals surface area contributed by atoms with E-state index in [1.807, 2.05) is 36.4 Å². The van der Waals surface area contributed by atoms with E-state index >= 15 is 0 Å². The van der Waals surface area contributed by atoms with E-state index in [0.29, 0.717) is 49.8 Å². The lowest BCUT2D eigenvalue weighted by molar-refractivity contribution is -0.0855. The van der Waals surface area contributed by atoms with Crippen molar-refractivity contribution in [2.45, 2.75) is 12.5 Å². The fourth-order valence-corrected chi connectivity index (χ4v) is 2.92. The molecule has 2 heterocycles. The molecule has 1 amide bonds. The first-order chi connectivity index (χ1) is 12.8. The van der Waals surface area contributed by atoms with E-state index in [-0.39, 0.29) is 12.0 Å². The Morgan fingerprint density at radius 1 is 1.15 bits per heavy atom. The van der Waals surface area contributed by atoms with Crippen LogP contribution in [-0.2, 0) is 15.9 Å². The SMILES string of the molecule is O=C(NC[C@H]1COCCO1)c1ccc2nc(Cc3ccccc3)oc2c1. The molecule has 4 rings (SSSR count). The Morgan fingerprint density at radius 2 is 2.04 bits per heavy atom. The average molecular weight is 352 g/mol. The van der Waals surface area contributed by atoms with Gasteiger partial charge in [-0.2, -0.15) is 0 Å². The molecule has 1 aliphatic heterocycles. The minimum absolute atomic E-state index is 0.0980. The van der Waals surface area contributed by atoms with Crippen LogP contribution in [0.1, 0.15) is 21.8 Å². The van der Waals surface area contributed by atoms with Gasteiger partial charge in [0.05, 0.1) is 25.9 Å². The number of carbonyl (C=O) groups excluding carboxylic acids is 1. The van der Waals surface area contributed by atoms with Crippen LogP contribution >= 0.6 is 0 Å². The molecule has 6 heteroatoms. The quantitative estimate of drug-likeness (QED) is 0.764. The molecule has 0 aliphatic carbocycles. The van der Waals surface area contributed by atoms with Crippen LogP contribution in [0.25, 0.3) is 11.1 Å². The van der Waals surface area contributed by atoms with Crippen molar-refractivity contribution in [1.82, 2.24) is 10.3 Å². The van der Waals surface area contributed by atoms with Crippen LogP contribution in [0.5, 0.6) is 0 Å². The van der Waals surface area contributed by atoms with E-state index in [0.717, 1.165) is 11.1 Å². The first-order valence-electron chi connectivity index (χ1n) is 8.69. The monoisotopic (exact) mass is 352 g/mol. The summed E-state index contributed by atoms with van der Waals surface area (Å²) >= 11 is 0. The zero-order chi connectivity index (χ0) is 17.8. The van der Waals surface area contributed by atoms with Gasteiger partial charge in [-0.25, -0.2) is 4.98 Å². The van der Waals surface area contributed by atoms with Crippen LogP contribution in [0.4, 0.5) is 0 Å². The number of benzene rings is 2. The Morgan fingerprint density at radius 3 is 2.85 bits per heavy atom. The third kappa shape index (κ3) is 3.92. The lowest BCUT2D eigenvalue weighted by atomic mass is 10.1. The van der Waals surface area contributed by atoms with E-state index in [1.54, 1.807) is 12.1 Å². The number of oxazole rings is 1. The van der Waals surface area contributed by atoms with Gasteiger partial charge in [-0.1, -0.05) is 30.3 Å². The second-order valence-corrected chi connectivity index (χ2v) is 6.23. The highest BCUT2D eigenvalue weighted by atomic mass is 16.6. The first kappa shape index (κ1) is 16.8. The van der Waals surface area contributed by atoms with Crippen molar-refractivity contribution in [3.05, 3.63) is 65.5 Å². The van der Waals surface area contributed by atoms with Gasteiger partial charge in [0.1, 0.15) is 5.52 Å². The molecule has 134 valence electrons. The normalized spacial score (nSPS) is 17.3. The number of amides is 1. The van der Waals surface area contributed by atoms with E-state index in [2.05, 4.69) is 10.3 Å². The van der Waals surface area contributed by atoms with Crippen LogP contribution < -0.4 is 5.32 Å². The van der Waals surface area contributed by atoms with Crippen LogP contribution in [0, 0.1) is 0 Å². The Bertz CT molecular complexity index is 885. The van der Waals surface area contributed by atoms with Crippen molar-refractivity contribution in [1.29, 1.82) is 0 Å². The summed E-state index contributed by atoms with van der Waals surface area (Å²) in [6.45, 7) is 2.10. The highest BCUT2D eigenvalue weighted by Gasteiger charge is 2.16. The van der Waals surface area contributed by atoms with Crippen LogP contribution in [0.2, 0.25) is 0 Å². The van der Waals surface area contributed by atoms with Gasteiger partial charge < -0.3 is 19.2 Å². The van der Waals surface area contributed by atoms with Gasteiger partial charge in [-0.05, 0) is 23.8 Å². The summed E-state index contributed by atoms with van der Waals surface area (Å²) in [6.07, 6.45) is 0.523. The molecule has 0 bridgehead atoms. The third-order valence-corrected chi connectivity index (χ3v) is 4.27. The molecular formula is C20H20N2O4. The minimum Gasteiger partial charge on any atom is -0.440 e. The molecule has 1 atom stereocenters. The minimum atomic E-state index is -0.165. The second kappa shape index (κ2) is 7.68. The number of carbonyl (C=O) groups is 1. The lowest BCUT2D eigenvalue weighted by Gasteiger charge is -2.23. The average Bonchev–Trinajstić information content (AvgIpc) is 3.09. The zero-order valence-corrected chi connectivity index (χ0v) is 14.3. The predicted octanol–water partition coefficient (Wildman–Crippen LogP) is 2.56. The van der Waals surface area contributed by atoms with E-state index in [4.69, 9.17) is 13.9 Å². The molecule has 1 aromatic heterocycles. The van der Waals surface area contributed by atoms with Gasteiger partial charge in [-0.15, -0.1) is 0 Å². The smallest absolute Gasteiger partial charge is 0.251 e. The summed E-state index contributed by atoms with van der Waals surface area (Å²) in [5.74, 6) is 0.471. The number of ether oxygens (including phenoxy) is 2. The highest BCUT2D eigenvalue weighted by Crippen LogP contribution is 2.19. The van der Waals surface area contributed by atoms with E-state index < -0.39 is 0 Å². The zero-order valence-electron chi connectivity index (χ0n) is 14.3. The molecular weight excluding hydrogens is 332 g/mol. The molecule has 0 unspecified atom stereocenters. The van der Waals surface area contributed by atoms with Gasteiger partial charge >= 0.3 is 0 Å². The van der Waals surface area contributed by atoms with Gasteiger partial charge in [0.2, 0.25) is 0 Å². The third-order valence-electron chi connectivity index (χ3n) is 4.27. The molecule has 0 saturated carbocycles. The number of aromatic nitrogens is 1. The summed E-state index contributed by atoms with van der Waals surface area (Å²) in [4.78, 5) is 16.9. The Hall–Kier alpha value is -2.70. The topological polar surface area (TPSA) is 73.6 Å². The van der Waals surface area contributed by atoms with Gasteiger partial charge in [0.15, 0.2) is 11.5 Å². The first-order valence-corrected chi connectivity index (χ1v) is 8.69. The summed E-state index contributed by atoms with van der Waals surface area (Å²) in [7, 11) is 0. The predicted molar refractivity (Wildman–Crippen MR) is 96.1 cm³/mol. The standard InChI is InChI=1S/C20H20N2O4/c23-20(21-12-16-13-24-8-9-25-16)15-6-7-17-18(11-15)26-19(22-17)10-14-4-2-1-3-5-14/h1-7,11,16H,8-10,12-13H2,(H,21,23)/t16-/m0/s1. The van der Waals surface area contributed by atoms with Gasteiger partial charge in [0, 0.05) is 18.5 Å². The molecule has 3 aromatic rings. The fraction of sp³-hybridized carbons (Fsp3) is 0.300. The van der Waals surface area contributed by atoms with Crippen LogP contribution in [0.15, 0.2) is 52.9 Å². The van der Waals surface area contributed by atoms with Crippen molar-refractivity contribution in [2.24, 2.45) is 0 Å². The van der Waals surface area contributed by atoms with Gasteiger partial charge in [-0.3, -0.25) is 4.79 Å². The van der Waals surface area contributed by atoms with Crippen molar-refractivity contribution in [3.63, 3.8) is 0 Å².